The fraction of sp³-hybridized carbons (Fsp3) is 0.250. The van der Waals surface area contributed by atoms with E-state index in [1.165, 1.54) is 6.21 Å². The summed E-state index contributed by atoms with van der Waals surface area (Å²) >= 11 is 12.0. The quantitative estimate of drug-likeness (QED) is 0.403. The van der Waals surface area contributed by atoms with E-state index >= 15 is 0 Å². The van der Waals surface area contributed by atoms with Crippen LogP contribution in [0.1, 0.15) is 31.4 Å². The Kier molecular flexibility index (Phi) is 8.29. The van der Waals surface area contributed by atoms with E-state index in [1.54, 1.807) is 42.5 Å². The summed E-state index contributed by atoms with van der Waals surface area (Å²) in [6.07, 6.45) is 2.16. The molecule has 2 aromatic carbocycles. The Hall–Kier alpha value is -2.57. The molecule has 0 aromatic heterocycles. The fourth-order valence-electron chi connectivity index (χ4n) is 2.09. The van der Waals surface area contributed by atoms with Gasteiger partial charge in [0.1, 0.15) is 12.4 Å². The smallest absolute Gasteiger partial charge is 0.329 e. The molecule has 0 aliphatic carbocycles. The highest BCUT2D eigenvalue weighted by Crippen LogP contribution is 2.22. The summed E-state index contributed by atoms with van der Waals surface area (Å²) in [4.78, 5) is 23.3. The zero-order valence-corrected chi connectivity index (χ0v) is 17.1. The number of nitrogens with zero attached hydrogens (tertiary/aromatic N) is 1. The van der Waals surface area contributed by atoms with Gasteiger partial charge < -0.3 is 10.1 Å². The Morgan fingerprint density at radius 2 is 1.96 bits per heavy atom. The summed E-state index contributed by atoms with van der Waals surface area (Å²) in [6.45, 7) is 4.01. The average Bonchev–Trinajstić information content (AvgIpc) is 2.67. The fourth-order valence-corrected chi connectivity index (χ4v) is 2.56. The molecule has 0 radical (unpaired) electrons. The third-order valence-corrected chi connectivity index (χ3v) is 4.43. The highest BCUT2D eigenvalue weighted by Gasteiger charge is 2.14. The maximum Gasteiger partial charge on any atom is 0.329 e. The maximum atomic E-state index is 11.7. The highest BCUT2D eigenvalue weighted by atomic mass is 35.5. The zero-order chi connectivity index (χ0) is 20.5. The minimum absolute atomic E-state index is 0.0785. The summed E-state index contributed by atoms with van der Waals surface area (Å²) in [6, 6.07) is 12.2. The molecule has 0 fully saturated rings. The number of nitrogens with one attached hydrogen (secondary N) is 2. The van der Waals surface area contributed by atoms with Crippen LogP contribution in [0.2, 0.25) is 10.0 Å². The van der Waals surface area contributed by atoms with Crippen LogP contribution in [-0.2, 0) is 16.2 Å². The molecule has 1 atom stereocenters. The number of halogens is 2. The molecule has 2 N–H and O–H groups in total. The van der Waals surface area contributed by atoms with Crippen LogP contribution in [0.4, 0.5) is 0 Å². The molecule has 148 valence electrons. The van der Waals surface area contributed by atoms with E-state index in [0.717, 1.165) is 12.0 Å². The highest BCUT2D eigenvalue weighted by molar-refractivity contribution is 6.35. The molecule has 0 unspecified atom stereocenters. The van der Waals surface area contributed by atoms with Crippen molar-refractivity contribution in [2.75, 3.05) is 0 Å². The number of ether oxygens (including phenoxy) is 1. The lowest BCUT2D eigenvalue weighted by atomic mass is 10.2. The number of benzene rings is 2. The predicted octanol–water partition coefficient (Wildman–Crippen LogP) is 3.94. The van der Waals surface area contributed by atoms with Crippen LogP contribution >= 0.6 is 23.2 Å². The van der Waals surface area contributed by atoms with Gasteiger partial charge in [0.15, 0.2) is 0 Å². The first-order valence-electron chi connectivity index (χ1n) is 8.69. The van der Waals surface area contributed by atoms with Crippen LogP contribution in [0.3, 0.4) is 0 Å². The monoisotopic (exact) mass is 421 g/mol. The first kappa shape index (κ1) is 21.7. The molecule has 0 aliphatic heterocycles. The normalized spacial score (nSPS) is 11.9. The lowest BCUT2D eigenvalue weighted by Crippen LogP contribution is -2.41. The minimum Gasteiger partial charge on any atom is -0.489 e. The van der Waals surface area contributed by atoms with E-state index in [2.05, 4.69) is 15.8 Å². The molecule has 2 aromatic rings. The molecule has 2 amide bonds. The van der Waals surface area contributed by atoms with Gasteiger partial charge in [0, 0.05) is 21.7 Å². The molecule has 6 nitrogen and oxygen atoms in total. The molecule has 0 saturated carbocycles. The van der Waals surface area contributed by atoms with Crippen molar-refractivity contribution in [3.8, 4) is 5.75 Å². The molecular formula is C20H21Cl2N3O3. The largest absolute Gasteiger partial charge is 0.489 e. The van der Waals surface area contributed by atoms with Crippen molar-refractivity contribution in [3.05, 3.63) is 63.6 Å². The Balaban J connectivity index is 1.91. The van der Waals surface area contributed by atoms with Crippen LogP contribution in [0, 0.1) is 0 Å². The van der Waals surface area contributed by atoms with Crippen LogP contribution in [-0.4, -0.2) is 24.1 Å². The Labute approximate surface area is 173 Å². The van der Waals surface area contributed by atoms with Crippen LogP contribution in [0.25, 0.3) is 0 Å². The average molecular weight is 422 g/mol. The van der Waals surface area contributed by atoms with Gasteiger partial charge in [-0.25, -0.2) is 5.43 Å². The number of hydrazone groups is 1. The van der Waals surface area contributed by atoms with E-state index in [4.69, 9.17) is 27.9 Å². The first-order chi connectivity index (χ1) is 13.4. The topological polar surface area (TPSA) is 79.8 Å². The van der Waals surface area contributed by atoms with Crippen LogP contribution < -0.4 is 15.5 Å². The summed E-state index contributed by atoms with van der Waals surface area (Å²) in [5, 5.41) is 7.46. The number of carbonyl (C=O) groups excluding carboxylic acids is 2. The molecule has 8 heteroatoms. The van der Waals surface area contributed by atoms with Crippen LogP contribution in [0.15, 0.2) is 47.6 Å². The van der Waals surface area contributed by atoms with E-state index in [9.17, 15) is 9.59 Å². The SMILES string of the molecule is CC[C@H](C)NC(=O)C(=O)N/N=C\c1cccc(OCc2ccc(Cl)cc2Cl)c1. The van der Waals surface area contributed by atoms with Gasteiger partial charge in [0.05, 0.1) is 6.21 Å². The van der Waals surface area contributed by atoms with Crippen molar-refractivity contribution in [2.45, 2.75) is 32.9 Å². The van der Waals surface area contributed by atoms with Gasteiger partial charge in [-0.15, -0.1) is 0 Å². The summed E-state index contributed by atoms with van der Waals surface area (Å²) in [5.41, 5.74) is 3.70. The number of hydrogen-bond acceptors (Lipinski definition) is 4. The first-order valence-corrected chi connectivity index (χ1v) is 9.45. The predicted molar refractivity (Wildman–Crippen MR) is 111 cm³/mol. The van der Waals surface area contributed by atoms with Gasteiger partial charge in [-0.3, -0.25) is 9.59 Å². The van der Waals surface area contributed by atoms with Gasteiger partial charge in [-0.1, -0.05) is 48.3 Å². The standard InChI is InChI=1S/C20H21Cl2N3O3/c1-3-13(2)24-19(26)20(27)25-23-11-14-5-4-6-17(9-14)28-12-15-7-8-16(21)10-18(15)22/h4-11,13H,3,12H2,1-2H3,(H,24,26)(H,25,27)/b23-11-/t13-/m0/s1. The number of hydrogen-bond donors (Lipinski definition) is 2. The zero-order valence-electron chi connectivity index (χ0n) is 15.5. The van der Waals surface area contributed by atoms with Gasteiger partial charge in [0.25, 0.3) is 0 Å². The van der Waals surface area contributed by atoms with Gasteiger partial charge in [-0.05, 0) is 43.2 Å². The number of amides is 2. The van der Waals surface area contributed by atoms with Crippen molar-refractivity contribution in [2.24, 2.45) is 5.10 Å². The molecule has 2 rings (SSSR count). The summed E-state index contributed by atoms with van der Waals surface area (Å²) in [7, 11) is 0. The molecule has 0 spiro atoms. The second-order valence-corrected chi connectivity index (χ2v) is 6.92. The maximum absolute atomic E-state index is 11.7. The van der Waals surface area contributed by atoms with E-state index in [1.807, 2.05) is 13.8 Å². The summed E-state index contributed by atoms with van der Waals surface area (Å²) < 4.78 is 5.73. The Bertz CT molecular complexity index is 872. The van der Waals surface area contributed by atoms with E-state index in [0.29, 0.717) is 21.4 Å². The third-order valence-electron chi connectivity index (χ3n) is 3.84. The molecule has 0 heterocycles. The third kappa shape index (κ3) is 6.87. The molecular weight excluding hydrogens is 401 g/mol. The summed E-state index contributed by atoms with van der Waals surface area (Å²) in [5.74, 6) is -0.930. The minimum atomic E-state index is -0.818. The van der Waals surface area contributed by atoms with Gasteiger partial charge in [0.2, 0.25) is 0 Å². The molecule has 28 heavy (non-hydrogen) atoms. The molecule has 0 aliphatic rings. The van der Waals surface area contributed by atoms with Crippen molar-refractivity contribution < 1.29 is 14.3 Å². The lowest BCUT2D eigenvalue weighted by Gasteiger charge is -2.09. The van der Waals surface area contributed by atoms with Crippen molar-refractivity contribution in [3.63, 3.8) is 0 Å². The van der Waals surface area contributed by atoms with Gasteiger partial charge >= 0.3 is 11.8 Å². The Morgan fingerprint density at radius 1 is 1.18 bits per heavy atom. The second-order valence-electron chi connectivity index (χ2n) is 6.08. The van der Waals surface area contributed by atoms with E-state index < -0.39 is 11.8 Å². The number of carbonyl (C=O) groups is 2. The molecule has 0 saturated heterocycles. The Morgan fingerprint density at radius 3 is 2.68 bits per heavy atom. The van der Waals surface area contributed by atoms with Crippen LogP contribution in [0.5, 0.6) is 5.75 Å². The van der Waals surface area contributed by atoms with Gasteiger partial charge in [-0.2, -0.15) is 5.10 Å². The van der Waals surface area contributed by atoms with Crippen molar-refractivity contribution in [1.29, 1.82) is 0 Å². The number of rotatable bonds is 7. The van der Waals surface area contributed by atoms with E-state index in [-0.39, 0.29) is 12.6 Å². The van der Waals surface area contributed by atoms with Crippen molar-refractivity contribution in [1.82, 2.24) is 10.7 Å². The molecule has 0 bridgehead atoms. The lowest BCUT2D eigenvalue weighted by molar-refractivity contribution is -0.139. The van der Waals surface area contributed by atoms with Crippen molar-refractivity contribution >= 4 is 41.2 Å². The second kappa shape index (κ2) is 10.7.